The van der Waals surface area contributed by atoms with E-state index in [1.807, 2.05) is 12.1 Å². The number of cyclic esters (lactones) is 1. The molecule has 1 aliphatic rings. The van der Waals surface area contributed by atoms with Gasteiger partial charge in [0.05, 0.1) is 34.6 Å². The van der Waals surface area contributed by atoms with Crippen LogP contribution in [0.3, 0.4) is 0 Å². The Labute approximate surface area is 204 Å². The number of hydrogen-bond donors (Lipinski definition) is 3. The first kappa shape index (κ1) is 23.2. The standard InChI is InChI=1S/C26H21F2N5O3/c27-16-9-7-15(8-10-16)20-13-22(33-32-20)24-18(5-3-6-19(24)28)25(34)30-21(23-14-36-26(35)31-23)12-17-4-1-2-11-29-17/h1-11,13,21,23H,12,14H2,(H,30,34)(H,31,35)(H,32,33)/t21?,23-/m1/s1. The maximum atomic E-state index is 15.0. The molecule has 182 valence electrons. The topological polar surface area (TPSA) is 109 Å². The summed E-state index contributed by atoms with van der Waals surface area (Å²) in [5.41, 5.74) is 2.21. The predicted molar refractivity (Wildman–Crippen MR) is 127 cm³/mol. The van der Waals surface area contributed by atoms with Gasteiger partial charge in [-0.25, -0.2) is 13.6 Å². The number of pyridine rings is 1. The second-order valence-corrected chi connectivity index (χ2v) is 8.29. The number of ether oxygens (including phenoxy) is 1. The lowest BCUT2D eigenvalue weighted by atomic mass is 9.99. The molecule has 36 heavy (non-hydrogen) atoms. The summed E-state index contributed by atoms with van der Waals surface area (Å²) in [6, 6.07) is 15.9. The average molecular weight is 489 g/mol. The maximum Gasteiger partial charge on any atom is 0.407 e. The highest BCUT2D eigenvalue weighted by Crippen LogP contribution is 2.29. The summed E-state index contributed by atoms with van der Waals surface area (Å²) in [7, 11) is 0. The lowest BCUT2D eigenvalue weighted by Crippen LogP contribution is -2.50. The number of nitrogens with zero attached hydrogens (tertiary/aromatic N) is 2. The molecule has 2 atom stereocenters. The average Bonchev–Trinajstić information content (AvgIpc) is 3.54. The van der Waals surface area contributed by atoms with E-state index in [1.54, 1.807) is 30.5 Å². The third-order valence-corrected chi connectivity index (χ3v) is 5.90. The number of amides is 2. The molecule has 0 spiro atoms. The maximum absolute atomic E-state index is 15.0. The summed E-state index contributed by atoms with van der Waals surface area (Å²) in [4.78, 5) is 29.4. The van der Waals surface area contributed by atoms with Crippen molar-refractivity contribution >= 4 is 12.0 Å². The Hall–Kier alpha value is -4.60. The van der Waals surface area contributed by atoms with Crippen molar-refractivity contribution in [2.45, 2.75) is 18.5 Å². The number of hydrogen-bond acceptors (Lipinski definition) is 5. The molecule has 1 saturated heterocycles. The second-order valence-electron chi connectivity index (χ2n) is 8.29. The van der Waals surface area contributed by atoms with Crippen LogP contribution in [0.15, 0.2) is 72.9 Å². The van der Waals surface area contributed by atoms with E-state index < -0.39 is 29.9 Å². The van der Waals surface area contributed by atoms with Crippen LogP contribution in [0.1, 0.15) is 16.1 Å². The molecule has 2 aromatic heterocycles. The van der Waals surface area contributed by atoms with Crippen LogP contribution in [0, 0.1) is 11.6 Å². The van der Waals surface area contributed by atoms with Gasteiger partial charge in [0.1, 0.15) is 18.2 Å². The number of aromatic amines is 1. The van der Waals surface area contributed by atoms with Crippen molar-refractivity contribution in [2.24, 2.45) is 0 Å². The molecule has 0 aliphatic carbocycles. The molecule has 2 aromatic carbocycles. The van der Waals surface area contributed by atoms with Crippen LogP contribution in [-0.4, -0.2) is 45.9 Å². The van der Waals surface area contributed by atoms with Gasteiger partial charge < -0.3 is 15.4 Å². The Kier molecular flexibility index (Phi) is 6.40. The number of H-pyrrole nitrogens is 1. The number of carbonyl (C=O) groups excluding carboxylic acids is 2. The Morgan fingerprint density at radius 3 is 2.67 bits per heavy atom. The van der Waals surface area contributed by atoms with E-state index in [-0.39, 0.29) is 29.2 Å². The van der Waals surface area contributed by atoms with E-state index >= 15 is 4.39 Å². The lowest BCUT2D eigenvalue weighted by Gasteiger charge is -2.23. The number of alkyl carbamates (subject to hydrolysis) is 1. The number of rotatable bonds is 7. The molecule has 0 saturated carbocycles. The Bertz CT molecular complexity index is 1390. The van der Waals surface area contributed by atoms with Gasteiger partial charge in [-0.15, -0.1) is 0 Å². The van der Waals surface area contributed by atoms with E-state index in [2.05, 4.69) is 25.8 Å². The first-order valence-corrected chi connectivity index (χ1v) is 11.2. The molecule has 1 unspecified atom stereocenters. The van der Waals surface area contributed by atoms with Crippen molar-refractivity contribution in [3.05, 3.63) is 95.8 Å². The Morgan fingerprint density at radius 2 is 1.94 bits per heavy atom. The molecule has 10 heteroatoms. The summed E-state index contributed by atoms with van der Waals surface area (Å²) in [6.45, 7) is 0.0764. The van der Waals surface area contributed by atoms with Gasteiger partial charge in [-0.1, -0.05) is 12.1 Å². The number of nitrogens with one attached hydrogen (secondary N) is 3. The smallest absolute Gasteiger partial charge is 0.407 e. The van der Waals surface area contributed by atoms with Crippen molar-refractivity contribution < 1.29 is 23.1 Å². The zero-order valence-electron chi connectivity index (χ0n) is 18.9. The van der Waals surface area contributed by atoms with Crippen LogP contribution in [0.25, 0.3) is 22.5 Å². The van der Waals surface area contributed by atoms with Crippen LogP contribution in [0.4, 0.5) is 13.6 Å². The van der Waals surface area contributed by atoms with Gasteiger partial charge in [-0.05, 0) is 60.2 Å². The molecule has 1 aliphatic heterocycles. The molecule has 8 nitrogen and oxygen atoms in total. The molecular formula is C26H21F2N5O3. The number of benzene rings is 2. The van der Waals surface area contributed by atoms with E-state index in [0.717, 1.165) is 0 Å². The van der Waals surface area contributed by atoms with E-state index in [4.69, 9.17) is 4.74 Å². The Balaban J connectivity index is 1.44. The first-order chi connectivity index (χ1) is 17.5. The molecule has 4 aromatic rings. The van der Waals surface area contributed by atoms with Crippen molar-refractivity contribution in [2.75, 3.05) is 6.61 Å². The van der Waals surface area contributed by atoms with Crippen LogP contribution in [-0.2, 0) is 11.2 Å². The summed E-state index contributed by atoms with van der Waals surface area (Å²) in [5, 5.41) is 12.6. The van der Waals surface area contributed by atoms with Crippen molar-refractivity contribution in [1.82, 2.24) is 25.8 Å². The minimum atomic E-state index is -0.626. The summed E-state index contributed by atoms with van der Waals surface area (Å²) in [5.74, 6) is -1.55. The van der Waals surface area contributed by atoms with E-state index in [0.29, 0.717) is 23.4 Å². The quantitative estimate of drug-likeness (QED) is 0.365. The van der Waals surface area contributed by atoms with Crippen LogP contribution in [0.5, 0.6) is 0 Å². The third-order valence-electron chi connectivity index (χ3n) is 5.90. The zero-order chi connectivity index (χ0) is 25.1. The zero-order valence-corrected chi connectivity index (χ0v) is 18.9. The van der Waals surface area contributed by atoms with Gasteiger partial charge in [0, 0.05) is 18.3 Å². The third kappa shape index (κ3) is 4.92. The minimum absolute atomic E-state index is 0.0166. The monoisotopic (exact) mass is 489 g/mol. The van der Waals surface area contributed by atoms with Gasteiger partial charge >= 0.3 is 6.09 Å². The SMILES string of the molecule is O=C1N[C@@H](C(Cc2ccccn2)NC(=O)c2cccc(F)c2-c2cc(-c3ccc(F)cc3)[nH]n2)CO1. The molecule has 1 fully saturated rings. The van der Waals surface area contributed by atoms with Crippen molar-refractivity contribution in [1.29, 1.82) is 0 Å². The fraction of sp³-hybridized carbons (Fsp3) is 0.154. The van der Waals surface area contributed by atoms with Crippen LogP contribution in [0.2, 0.25) is 0 Å². The first-order valence-electron chi connectivity index (χ1n) is 11.2. The fourth-order valence-corrected chi connectivity index (χ4v) is 4.10. The number of aromatic nitrogens is 3. The van der Waals surface area contributed by atoms with Gasteiger partial charge in [0.15, 0.2) is 0 Å². The molecule has 5 rings (SSSR count). The Morgan fingerprint density at radius 1 is 1.11 bits per heavy atom. The normalized spacial score (nSPS) is 15.7. The highest BCUT2D eigenvalue weighted by atomic mass is 19.1. The molecule has 0 radical (unpaired) electrons. The molecule has 3 N–H and O–H groups in total. The number of halogens is 2. The van der Waals surface area contributed by atoms with Gasteiger partial charge in [-0.2, -0.15) is 5.10 Å². The minimum Gasteiger partial charge on any atom is -0.447 e. The molecule has 3 heterocycles. The molecule has 0 bridgehead atoms. The van der Waals surface area contributed by atoms with Gasteiger partial charge in [-0.3, -0.25) is 14.9 Å². The molecular weight excluding hydrogens is 468 g/mol. The van der Waals surface area contributed by atoms with E-state index in [9.17, 15) is 14.0 Å². The lowest BCUT2D eigenvalue weighted by molar-refractivity contribution is 0.0927. The van der Waals surface area contributed by atoms with E-state index in [1.165, 1.54) is 30.3 Å². The largest absolute Gasteiger partial charge is 0.447 e. The summed E-state index contributed by atoms with van der Waals surface area (Å²) in [6.07, 6.45) is 1.39. The predicted octanol–water partition coefficient (Wildman–Crippen LogP) is 3.87. The fourth-order valence-electron chi connectivity index (χ4n) is 4.10. The highest BCUT2D eigenvalue weighted by Gasteiger charge is 2.32. The van der Waals surface area contributed by atoms with Gasteiger partial charge in [0.2, 0.25) is 0 Å². The van der Waals surface area contributed by atoms with Crippen LogP contribution >= 0.6 is 0 Å². The summed E-state index contributed by atoms with van der Waals surface area (Å²) >= 11 is 0. The van der Waals surface area contributed by atoms with Crippen molar-refractivity contribution in [3.63, 3.8) is 0 Å². The van der Waals surface area contributed by atoms with Crippen LogP contribution < -0.4 is 10.6 Å². The highest BCUT2D eigenvalue weighted by molar-refractivity contribution is 6.01. The summed E-state index contributed by atoms with van der Waals surface area (Å²) < 4.78 is 33.3. The molecule has 2 amide bonds. The van der Waals surface area contributed by atoms with Crippen molar-refractivity contribution in [3.8, 4) is 22.5 Å². The second kappa shape index (κ2) is 9.95. The number of carbonyl (C=O) groups is 2. The van der Waals surface area contributed by atoms with Gasteiger partial charge in [0.25, 0.3) is 5.91 Å².